The topological polar surface area (TPSA) is 49.3 Å². The molecule has 0 aromatic heterocycles. The number of halogens is 1. The largest absolute Gasteiger partial charge is 0.481 e. The first-order chi connectivity index (χ1) is 5.71. The lowest BCUT2D eigenvalue weighted by atomic mass is 9.75. The van der Waals surface area contributed by atoms with Crippen molar-refractivity contribution in [2.45, 2.75) is 32.6 Å². The number of carbonyl (C=O) groups is 1. The van der Waals surface area contributed by atoms with Crippen LogP contribution in [0.25, 0.3) is 0 Å². The molecule has 4 heteroatoms. The molecule has 1 heterocycles. The summed E-state index contributed by atoms with van der Waals surface area (Å²) in [6, 6.07) is 0. The molecule has 0 aromatic carbocycles. The summed E-state index contributed by atoms with van der Waals surface area (Å²) in [6.07, 6.45) is 3.36. The van der Waals surface area contributed by atoms with E-state index in [0.717, 1.165) is 38.8 Å². The molecule has 0 spiro atoms. The van der Waals surface area contributed by atoms with Gasteiger partial charge in [0, 0.05) is 0 Å². The number of hydrogen-bond acceptors (Lipinski definition) is 2. The molecule has 13 heavy (non-hydrogen) atoms. The van der Waals surface area contributed by atoms with Crippen molar-refractivity contribution in [1.82, 2.24) is 5.32 Å². The van der Waals surface area contributed by atoms with E-state index in [1.165, 1.54) is 0 Å². The van der Waals surface area contributed by atoms with Gasteiger partial charge in [0.05, 0.1) is 5.41 Å². The van der Waals surface area contributed by atoms with Gasteiger partial charge in [-0.1, -0.05) is 13.3 Å². The Hall–Kier alpha value is -0.280. The highest BCUT2D eigenvalue weighted by Gasteiger charge is 2.38. The Labute approximate surface area is 85.3 Å². The number of nitrogens with one attached hydrogen (secondary N) is 1. The Morgan fingerprint density at radius 1 is 1.46 bits per heavy atom. The van der Waals surface area contributed by atoms with Gasteiger partial charge in [-0.05, 0) is 32.4 Å². The maximum absolute atomic E-state index is 11.0. The van der Waals surface area contributed by atoms with Crippen molar-refractivity contribution in [1.29, 1.82) is 0 Å². The lowest BCUT2D eigenvalue weighted by Gasteiger charge is -2.33. The molecule has 3 nitrogen and oxygen atoms in total. The fraction of sp³-hybridized carbons (Fsp3) is 0.889. The van der Waals surface area contributed by atoms with Crippen molar-refractivity contribution in [3.05, 3.63) is 0 Å². The molecule has 0 atom stereocenters. The zero-order valence-electron chi connectivity index (χ0n) is 8.01. The average molecular weight is 208 g/mol. The number of carboxylic acids is 1. The van der Waals surface area contributed by atoms with Crippen LogP contribution in [-0.4, -0.2) is 24.2 Å². The highest BCUT2D eigenvalue weighted by atomic mass is 35.5. The molecule has 0 aromatic rings. The Kier molecular flexibility index (Phi) is 5.33. The van der Waals surface area contributed by atoms with Gasteiger partial charge in [-0.2, -0.15) is 0 Å². The van der Waals surface area contributed by atoms with Crippen molar-refractivity contribution in [3.63, 3.8) is 0 Å². The first-order valence-corrected chi connectivity index (χ1v) is 4.65. The van der Waals surface area contributed by atoms with Crippen LogP contribution in [-0.2, 0) is 4.79 Å². The van der Waals surface area contributed by atoms with Crippen molar-refractivity contribution in [3.8, 4) is 0 Å². The predicted molar refractivity (Wildman–Crippen MR) is 54.3 cm³/mol. The summed E-state index contributed by atoms with van der Waals surface area (Å²) >= 11 is 0. The molecule has 78 valence electrons. The summed E-state index contributed by atoms with van der Waals surface area (Å²) in [6.45, 7) is 3.76. The van der Waals surface area contributed by atoms with Crippen LogP contribution in [0, 0.1) is 5.41 Å². The van der Waals surface area contributed by atoms with Gasteiger partial charge in [-0.3, -0.25) is 4.79 Å². The second-order valence-corrected chi connectivity index (χ2v) is 3.59. The van der Waals surface area contributed by atoms with Gasteiger partial charge in [0.2, 0.25) is 0 Å². The smallest absolute Gasteiger partial charge is 0.309 e. The highest BCUT2D eigenvalue weighted by molar-refractivity contribution is 5.85. The molecule has 1 fully saturated rings. The van der Waals surface area contributed by atoms with Gasteiger partial charge >= 0.3 is 5.97 Å². The minimum Gasteiger partial charge on any atom is -0.481 e. The SMILES string of the molecule is CCCC1(C(=O)O)CCNCC1.Cl. The molecule has 1 rings (SSSR count). The third kappa shape index (κ3) is 2.85. The quantitative estimate of drug-likeness (QED) is 0.740. The van der Waals surface area contributed by atoms with E-state index < -0.39 is 11.4 Å². The fourth-order valence-electron chi connectivity index (χ4n) is 1.95. The van der Waals surface area contributed by atoms with Crippen LogP contribution in [0.15, 0.2) is 0 Å². The molecule has 0 unspecified atom stereocenters. The maximum atomic E-state index is 11.0. The van der Waals surface area contributed by atoms with E-state index in [1.807, 2.05) is 6.92 Å². The summed E-state index contributed by atoms with van der Waals surface area (Å²) in [5, 5.41) is 12.3. The van der Waals surface area contributed by atoms with E-state index >= 15 is 0 Å². The monoisotopic (exact) mass is 207 g/mol. The van der Waals surface area contributed by atoms with Crippen LogP contribution in [0.1, 0.15) is 32.6 Å². The van der Waals surface area contributed by atoms with Gasteiger partial charge in [-0.25, -0.2) is 0 Å². The van der Waals surface area contributed by atoms with E-state index in [9.17, 15) is 4.79 Å². The van der Waals surface area contributed by atoms with Crippen molar-refractivity contribution in [2.75, 3.05) is 13.1 Å². The normalized spacial score (nSPS) is 20.4. The Balaban J connectivity index is 0.00000144. The Morgan fingerprint density at radius 3 is 2.38 bits per heavy atom. The number of aliphatic carboxylic acids is 1. The minimum atomic E-state index is -0.606. The van der Waals surface area contributed by atoms with Crippen LogP contribution in [0.4, 0.5) is 0 Å². The maximum Gasteiger partial charge on any atom is 0.309 e. The zero-order valence-corrected chi connectivity index (χ0v) is 8.82. The second-order valence-electron chi connectivity index (χ2n) is 3.59. The highest BCUT2D eigenvalue weighted by Crippen LogP contribution is 2.33. The van der Waals surface area contributed by atoms with E-state index in [4.69, 9.17) is 5.11 Å². The van der Waals surface area contributed by atoms with Gasteiger partial charge in [0.25, 0.3) is 0 Å². The van der Waals surface area contributed by atoms with Crippen LogP contribution < -0.4 is 5.32 Å². The summed E-state index contributed by atoms with van der Waals surface area (Å²) in [4.78, 5) is 11.0. The van der Waals surface area contributed by atoms with Crippen molar-refractivity contribution >= 4 is 18.4 Å². The molecule has 0 amide bonds. The lowest BCUT2D eigenvalue weighted by molar-refractivity contribution is -0.151. The number of piperidine rings is 1. The van der Waals surface area contributed by atoms with Crippen LogP contribution in [0.3, 0.4) is 0 Å². The molecule has 2 N–H and O–H groups in total. The van der Waals surface area contributed by atoms with Gasteiger partial charge in [-0.15, -0.1) is 12.4 Å². The fourth-order valence-corrected chi connectivity index (χ4v) is 1.95. The van der Waals surface area contributed by atoms with Gasteiger partial charge in [0.1, 0.15) is 0 Å². The van der Waals surface area contributed by atoms with E-state index in [0.29, 0.717) is 0 Å². The number of rotatable bonds is 3. The third-order valence-corrected chi connectivity index (χ3v) is 2.74. The third-order valence-electron chi connectivity index (χ3n) is 2.74. The molecule has 0 radical (unpaired) electrons. The van der Waals surface area contributed by atoms with Crippen LogP contribution in [0.2, 0.25) is 0 Å². The minimum absolute atomic E-state index is 0. The summed E-state index contributed by atoms with van der Waals surface area (Å²) in [5.74, 6) is -0.606. The molecule has 0 saturated carbocycles. The Bertz CT molecular complexity index is 161. The predicted octanol–water partition coefficient (Wildman–Crippen LogP) is 1.66. The zero-order chi connectivity index (χ0) is 9.03. The summed E-state index contributed by atoms with van der Waals surface area (Å²) in [5.41, 5.74) is -0.417. The van der Waals surface area contributed by atoms with E-state index in [-0.39, 0.29) is 12.4 Å². The summed E-state index contributed by atoms with van der Waals surface area (Å²) < 4.78 is 0. The number of carboxylic acid groups (broad SMARTS) is 1. The molecule has 0 aliphatic carbocycles. The second kappa shape index (κ2) is 5.45. The molecule has 0 bridgehead atoms. The van der Waals surface area contributed by atoms with E-state index in [2.05, 4.69) is 5.32 Å². The van der Waals surface area contributed by atoms with Crippen LogP contribution >= 0.6 is 12.4 Å². The number of hydrogen-bond donors (Lipinski definition) is 2. The average Bonchev–Trinajstić information content (AvgIpc) is 2.06. The van der Waals surface area contributed by atoms with E-state index in [1.54, 1.807) is 0 Å². The first kappa shape index (κ1) is 12.7. The van der Waals surface area contributed by atoms with Gasteiger partial charge in [0.15, 0.2) is 0 Å². The lowest BCUT2D eigenvalue weighted by Crippen LogP contribution is -2.42. The molecule has 1 aliphatic heterocycles. The molecule has 1 saturated heterocycles. The first-order valence-electron chi connectivity index (χ1n) is 4.65. The molecular weight excluding hydrogens is 190 g/mol. The van der Waals surface area contributed by atoms with Crippen LogP contribution in [0.5, 0.6) is 0 Å². The standard InChI is InChI=1S/C9H17NO2.ClH/c1-2-3-9(8(11)12)4-6-10-7-5-9;/h10H,2-7H2,1H3,(H,11,12);1H. The van der Waals surface area contributed by atoms with Crippen molar-refractivity contribution in [2.24, 2.45) is 5.41 Å². The molecule has 1 aliphatic rings. The van der Waals surface area contributed by atoms with Crippen molar-refractivity contribution < 1.29 is 9.90 Å². The summed E-state index contributed by atoms with van der Waals surface area (Å²) in [7, 11) is 0. The molecular formula is C9H18ClNO2. The Morgan fingerprint density at radius 2 is 2.00 bits per heavy atom. The van der Waals surface area contributed by atoms with Gasteiger partial charge < -0.3 is 10.4 Å².